The van der Waals surface area contributed by atoms with E-state index in [0.717, 1.165) is 0 Å². The zero-order chi connectivity index (χ0) is 23.5. The lowest BCUT2D eigenvalue weighted by molar-refractivity contribution is -0.121. The third-order valence-corrected chi connectivity index (χ3v) is 6.21. The van der Waals surface area contributed by atoms with Crippen molar-refractivity contribution in [2.24, 2.45) is 5.84 Å². The quantitative estimate of drug-likeness (QED) is 0.317. The normalized spacial score (nSPS) is 12.5. The highest BCUT2D eigenvalue weighted by Crippen LogP contribution is 2.37. The molecule has 0 aliphatic carbocycles. The number of nitrogens with two attached hydrogens (primary N) is 1. The average Bonchev–Trinajstić information content (AvgIpc) is 3.13. The van der Waals surface area contributed by atoms with E-state index >= 15 is 0 Å². The minimum Gasteiger partial charge on any atom is -0.497 e. The first-order chi connectivity index (χ1) is 15.1. The van der Waals surface area contributed by atoms with E-state index in [1.165, 1.54) is 21.9 Å². The highest BCUT2D eigenvalue weighted by Gasteiger charge is 2.28. The van der Waals surface area contributed by atoms with Crippen molar-refractivity contribution in [3.8, 4) is 16.6 Å². The molecule has 0 radical (unpaired) electrons. The number of aromatic nitrogens is 1. The number of hydrazine groups is 1. The van der Waals surface area contributed by atoms with Gasteiger partial charge in [-0.1, -0.05) is 44.2 Å². The number of carbonyl (C=O) groups excluding carboxylic acids is 1. The Morgan fingerprint density at radius 1 is 1.22 bits per heavy atom. The van der Waals surface area contributed by atoms with E-state index in [1.54, 1.807) is 38.6 Å². The van der Waals surface area contributed by atoms with E-state index in [1.807, 2.05) is 24.3 Å². The minimum absolute atomic E-state index is 0.0313. The van der Waals surface area contributed by atoms with Crippen molar-refractivity contribution in [1.82, 2.24) is 9.99 Å². The first-order valence-corrected chi connectivity index (χ1v) is 11.6. The minimum atomic E-state index is -0.797. The van der Waals surface area contributed by atoms with Crippen LogP contribution < -0.4 is 20.6 Å². The molecule has 3 rings (SSSR count). The largest absolute Gasteiger partial charge is 0.497 e. The fraction of sp³-hybridized carbons (Fsp3) is 0.304. The maximum atomic E-state index is 13.3. The number of halogens is 1. The molecule has 3 N–H and O–H groups in total. The van der Waals surface area contributed by atoms with Crippen LogP contribution in [0.15, 0.2) is 52.6 Å². The number of amides is 1. The van der Waals surface area contributed by atoms with Gasteiger partial charge < -0.3 is 14.8 Å². The Balaban J connectivity index is 1.91. The van der Waals surface area contributed by atoms with Gasteiger partial charge in [0.1, 0.15) is 17.5 Å². The summed E-state index contributed by atoms with van der Waals surface area (Å²) in [4.78, 5) is 17.4. The molecule has 170 valence electrons. The summed E-state index contributed by atoms with van der Waals surface area (Å²) in [5.74, 6) is 6.89. The number of carbonyl (C=O) groups is 1. The Labute approximate surface area is 200 Å². The highest BCUT2D eigenvalue weighted by atomic mass is 79.9. The van der Waals surface area contributed by atoms with Gasteiger partial charge in [-0.25, -0.2) is 9.99 Å². The van der Waals surface area contributed by atoms with Crippen molar-refractivity contribution in [2.45, 2.75) is 32.2 Å². The van der Waals surface area contributed by atoms with Gasteiger partial charge in [-0.3, -0.25) is 10.6 Å². The molecule has 1 unspecified atom stereocenters. The van der Waals surface area contributed by atoms with Crippen molar-refractivity contribution in [3.63, 3.8) is 0 Å². The van der Waals surface area contributed by atoms with Crippen LogP contribution in [-0.2, 0) is 10.2 Å². The maximum Gasteiger partial charge on any atom is 0.247 e. The summed E-state index contributed by atoms with van der Waals surface area (Å²) in [6, 6.07) is 12.3. The van der Waals surface area contributed by atoms with Gasteiger partial charge in [0.2, 0.25) is 11.0 Å². The summed E-state index contributed by atoms with van der Waals surface area (Å²) in [6.07, 6.45) is 1.61. The molecular formula is C23H27BrN4O3S. The maximum absolute atomic E-state index is 13.3. The molecule has 2 aromatic carbocycles. The molecule has 0 bridgehead atoms. The van der Waals surface area contributed by atoms with E-state index in [4.69, 9.17) is 15.3 Å². The molecule has 32 heavy (non-hydrogen) atoms. The van der Waals surface area contributed by atoms with Gasteiger partial charge >= 0.3 is 0 Å². The standard InChI is InChI=1S/C23H27BrN4O3S/c1-23(2,3)14-6-8-15(9-7-14)27-21(29)20(28(4)25)17-11-10-16(30-5)12-18(17)31-19-13-26-22(24)32-19/h6-13,20H,25H2,1-5H3,(H,27,29). The van der Waals surface area contributed by atoms with Crippen molar-refractivity contribution in [1.29, 1.82) is 0 Å². The number of hydrogen-bond acceptors (Lipinski definition) is 7. The van der Waals surface area contributed by atoms with Crippen LogP contribution in [0.5, 0.6) is 16.6 Å². The first-order valence-electron chi connectivity index (χ1n) is 9.94. The van der Waals surface area contributed by atoms with Crippen LogP contribution in [0, 0.1) is 0 Å². The van der Waals surface area contributed by atoms with E-state index in [-0.39, 0.29) is 11.3 Å². The fourth-order valence-electron chi connectivity index (χ4n) is 3.16. The Hall–Kier alpha value is -2.46. The predicted octanol–water partition coefficient (Wildman–Crippen LogP) is 5.49. The van der Waals surface area contributed by atoms with Gasteiger partial charge in [0.15, 0.2) is 3.92 Å². The van der Waals surface area contributed by atoms with Gasteiger partial charge in [-0.15, -0.1) is 0 Å². The Kier molecular flexibility index (Phi) is 7.55. The van der Waals surface area contributed by atoms with Crippen molar-refractivity contribution in [3.05, 3.63) is 63.7 Å². The number of methoxy groups -OCH3 is 1. The highest BCUT2D eigenvalue weighted by molar-refractivity contribution is 9.11. The summed E-state index contributed by atoms with van der Waals surface area (Å²) in [6.45, 7) is 6.44. The van der Waals surface area contributed by atoms with Crippen LogP contribution in [0.3, 0.4) is 0 Å². The predicted molar refractivity (Wildman–Crippen MR) is 131 cm³/mol. The number of nitrogens with one attached hydrogen (secondary N) is 1. The molecule has 9 heteroatoms. The summed E-state index contributed by atoms with van der Waals surface area (Å²) < 4.78 is 12.1. The number of thiazole rings is 1. The fourth-order valence-corrected chi connectivity index (χ4v) is 4.25. The summed E-state index contributed by atoms with van der Waals surface area (Å²) in [7, 11) is 3.22. The Bertz CT molecular complexity index is 1080. The zero-order valence-corrected chi connectivity index (χ0v) is 21.1. The number of likely N-dealkylation sites (N-methyl/N-ethyl adjacent to an activating group) is 1. The smallest absolute Gasteiger partial charge is 0.247 e. The molecule has 0 saturated carbocycles. The molecule has 7 nitrogen and oxygen atoms in total. The molecule has 0 aliphatic heterocycles. The molecule has 0 aliphatic rings. The van der Waals surface area contributed by atoms with E-state index in [9.17, 15) is 4.79 Å². The van der Waals surface area contributed by atoms with Crippen LogP contribution in [0.4, 0.5) is 5.69 Å². The Morgan fingerprint density at radius 2 is 1.91 bits per heavy atom. The van der Waals surface area contributed by atoms with Crippen LogP contribution in [-0.4, -0.2) is 30.1 Å². The topological polar surface area (TPSA) is 89.7 Å². The van der Waals surface area contributed by atoms with Crippen LogP contribution in [0.1, 0.15) is 37.9 Å². The van der Waals surface area contributed by atoms with Crippen molar-refractivity contribution >= 4 is 38.9 Å². The number of nitrogens with zero attached hydrogens (tertiary/aromatic N) is 2. The van der Waals surface area contributed by atoms with Gasteiger partial charge in [0, 0.05) is 24.4 Å². The molecule has 1 heterocycles. The second-order valence-corrected chi connectivity index (χ2v) is 10.6. The second kappa shape index (κ2) is 9.99. The number of rotatable bonds is 7. The van der Waals surface area contributed by atoms with Crippen molar-refractivity contribution < 1.29 is 14.3 Å². The lowest BCUT2D eigenvalue weighted by Gasteiger charge is -2.25. The van der Waals surface area contributed by atoms with Crippen LogP contribution in [0.25, 0.3) is 0 Å². The number of hydrogen-bond donors (Lipinski definition) is 2. The summed E-state index contributed by atoms with van der Waals surface area (Å²) in [5.41, 5.74) is 2.51. The summed E-state index contributed by atoms with van der Waals surface area (Å²) >= 11 is 4.67. The van der Waals surface area contributed by atoms with Crippen LogP contribution in [0.2, 0.25) is 0 Å². The average molecular weight is 519 g/mol. The number of anilines is 1. The summed E-state index contributed by atoms with van der Waals surface area (Å²) in [5, 5.41) is 4.89. The van der Waals surface area contributed by atoms with E-state index in [0.29, 0.717) is 31.7 Å². The third-order valence-electron chi connectivity index (χ3n) is 4.86. The van der Waals surface area contributed by atoms with E-state index in [2.05, 4.69) is 47.0 Å². The molecule has 0 spiro atoms. The molecule has 1 amide bonds. The second-order valence-electron chi connectivity index (χ2n) is 8.32. The lowest BCUT2D eigenvalue weighted by Crippen LogP contribution is -2.39. The van der Waals surface area contributed by atoms with Crippen molar-refractivity contribution in [2.75, 3.05) is 19.5 Å². The van der Waals surface area contributed by atoms with Gasteiger partial charge in [0.05, 0.1) is 13.3 Å². The van der Waals surface area contributed by atoms with Gasteiger partial charge in [-0.05, 0) is 51.2 Å². The lowest BCUT2D eigenvalue weighted by atomic mass is 9.87. The van der Waals surface area contributed by atoms with Crippen LogP contribution >= 0.6 is 27.3 Å². The first kappa shape index (κ1) is 24.2. The Morgan fingerprint density at radius 3 is 2.44 bits per heavy atom. The molecule has 0 fully saturated rings. The SMILES string of the molecule is COc1ccc(C(C(=O)Nc2ccc(C(C)(C)C)cc2)N(C)N)c(Oc2cnc(Br)s2)c1. The number of benzene rings is 2. The molecule has 0 saturated heterocycles. The third kappa shape index (κ3) is 5.86. The molecule has 1 atom stereocenters. The van der Waals surface area contributed by atoms with Gasteiger partial charge in [-0.2, -0.15) is 0 Å². The molecular weight excluding hydrogens is 492 g/mol. The molecule has 1 aromatic heterocycles. The monoisotopic (exact) mass is 518 g/mol. The molecule has 3 aromatic rings. The zero-order valence-electron chi connectivity index (χ0n) is 18.7. The number of ether oxygens (including phenoxy) is 2. The van der Waals surface area contributed by atoms with Gasteiger partial charge in [0.25, 0.3) is 0 Å². The van der Waals surface area contributed by atoms with E-state index < -0.39 is 6.04 Å².